The van der Waals surface area contributed by atoms with Crippen molar-refractivity contribution in [3.8, 4) is 0 Å². The van der Waals surface area contributed by atoms with Gasteiger partial charge in [0.2, 0.25) is 16.0 Å². The summed E-state index contributed by atoms with van der Waals surface area (Å²) < 4.78 is 31.3. The zero-order chi connectivity index (χ0) is 13.2. The molecule has 1 fully saturated rings. The van der Waals surface area contributed by atoms with Gasteiger partial charge in [-0.15, -0.1) is 0 Å². The molecule has 0 spiro atoms. The summed E-state index contributed by atoms with van der Waals surface area (Å²) >= 11 is 0. The van der Waals surface area contributed by atoms with Gasteiger partial charge in [-0.2, -0.15) is 4.31 Å². The van der Waals surface area contributed by atoms with Crippen LogP contribution in [-0.2, 0) is 14.8 Å². The van der Waals surface area contributed by atoms with E-state index in [2.05, 4.69) is 15.3 Å². The van der Waals surface area contributed by atoms with Crippen LogP contribution in [0, 0.1) is 0 Å². The Morgan fingerprint density at radius 2 is 2.11 bits per heavy atom. The van der Waals surface area contributed by atoms with E-state index in [9.17, 15) is 8.42 Å². The molecule has 1 aliphatic heterocycles. The summed E-state index contributed by atoms with van der Waals surface area (Å²) in [6.45, 7) is 2.98. The number of nitrogens with zero attached hydrogens (tertiary/aromatic N) is 3. The number of rotatable bonds is 3. The topological polar surface area (TPSA) is 84.4 Å². The molecule has 1 aromatic heterocycles. The van der Waals surface area contributed by atoms with Crippen molar-refractivity contribution in [2.24, 2.45) is 0 Å². The van der Waals surface area contributed by atoms with Crippen LogP contribution in [0.2, 0.25) is 0 Å². The monoisotopic (exact) mass is 272 g/mol. The number of aromatic nitrogens is 2. The molecule has 2 heterocycles. The average Bonchev–Trinajstić information content (AvgIpc) is 2.39. The Hall–Kier alpha value is -1.25. The first-order valence-corrected chi connectivity index (χ1v) is 7.09. The lowest BCUT2D eigenvalue weighted by Crippen LogP contribution is -2.44. The van der Waals surface area contributed by atoms with Crippen LogP contribution in [0.1, 0.15) is 6.92 Å². The van der Waals surface area contributed by atoms with Gasteiger partial charge < -0.3 is 10.1 Å². The molecule has 1 N–H and O–H groups in total. The van der Waals surface area contributed by atoms with Crippen LogP contribution in [-0.4, -0.2) is 55.5 Å². The van der Waals surface area contributed by atoms with Crippen LogP contribution >= 0.6 is 0 Å². The van der Waals surface area contributed by atoms with E-state index in [1.165, 1.54) is 16.7 Å². The van der Waals surface area contributed by atoms with Gasteiger partial charge in [0.1, 0.15) is 4.90 Å². The number of ether oxygens (including phenoxy) is 1. The molecule has 0 aliphatic carbocycles. The molecule has 2 rings (SSSR count). The van der Waals surface area contributed by atoms with Gasteiger partial charge in [0, 0.05) is 20.1 Å². The van der Waals surface area contributed by atoms with Crippen molar-refractivity contribution >= 4 is 16.0 Å². The highest BCUT2D eigenvalue weighted by Gasteiger charge is 2.29. The molecule has 0 bridgehead atoms. The molecule has 0 aromatic carbocycles. The maximum Gasteiger partial charge on any atom is 0.246 e. The molecule has 0 saturated carbocycles. The van der Waals surface area contributed by atoms with Crippen molar-refractivity contribution in [2.75, 3.05) is 32.1 Å². The first kappa shape index (κ1) is 13.2. The lowest BCUT2D eigenvalue weighted by atomic mass is 10.3. The van der Waals surface area contributed by atoms with Crippen LogP contribution in [0.15, 0.2) is 17.3 Å². The Balaban J connectivity index is 2.23. The van der Waals surface area contributed by atoms with Crippen molar-refractivity contribution in [1.82, 2.24) is 14.3 Å². The van der Waals surface area contributed by atoms with Gasteiger partial charge in [0.05, 0.1) is 25.1 Å². The summed E-state index contributed by atoms with van der Waals surface area (Å²) in [6.07, 6.45) is 2.54. The van der Waals surface area contributed by atoms with Crippen molar-refractivity contribution in [3.05, 3.63) is 12.4 Å². The fourth-order valence-corrected chi connectivity index (χ4v) is 3.12. The van der Waals surface area contributed by atoms with E-state index >= 15 is 0 Å². The Morgan fingerprint density at radius 3 is 2.67 bits per heavy atom. The fraction of sp³-hybridized carbons (Fsp3) is 0.600. The SMILES string of the molecule is CNc1ncc(S(=O)(=O)N2CCOC(C)C2)cn1. The summed E-state index contributed by atoms with van der Waals surface area (Å²) in [6, 6.07) is 0. The third kappa shape index (κ3) is 2.60. The normalized spacial score (nSPS) is 21.8. The van der Waals surface area contributed by atoms with E-state index in [4.69, 9.17) is 4.74 Å². The molecular formula is C10H16N4O3S. The van der Waals surface area contributed by atoms with Crippen LogP contribution < -0.4 is 5.32 Å². The average molecular weight is 272 g/mol. The standard InChI is InChI=1S/C10H16N4O3S/c1-8-7-14(3-4-17-8)18(15,16)9-5-12-10(11-2)13-6-9/h5-6,8H,3-4,7H2,1-2H3,(H,11,12,13). The molecule has 8 heteroatoms. The second kappa shape index (κ2) is 5.17. The van der Waals surface area contributed by atoms with E-state index in [0.29, 0.717) is 25.6 Å². The summed E-state index contributed by atoms with van der Waals surface area (Å²) in [7, 11) is -1.85. The van der Waals surface area contributed by atoms with Crippen LogP contribution in [0.3, 0.4) is 0 Å². The van der Waals surface area contributed by atoms with Crippen molar-refractivity contribution < 1.29 is 13.2 Å². The Labute approximate surface area is 106 Å². The zero-order valence-electron chi connectivity index (χ0n) is 10.3. The molecule has 1 atom stereocenters. The summed E-state index contributed by atoms with van der Waals surface area (Å²) in [5, 5.41) is 2.74. The highest BCUT2D eigenvalue weighted by molar-refractivity contribution is 7.89. The van der Waals surface area contributed by atoms with Crippen LogP contribution in [0.5, 0.6) is 0 Å². The second-order valence-electron chi connectivity index (χ2n) is 4.04. The van der Waals surface area contributed by atoms with Gasteiger partial charge >= 0.3 is 0 Å². The summed E-state index contributed by atoms with van der Waals surface area (Å²) in [4.78, 5) is 7.94. The van der Waals surface area contributed by atoms with Gasteiger partial charge in [-0.1, -0.05) is 0 Å². The minimum absolute atomic E-state index is 0.0916. The number of hydrogen-bond acceptors (Lipinski definition) is 6. The number of nitrogens with one attached hydrogen (secondary N) is 1. The van der Waals surface area contributed by atoms with E-state index < -0.39 is 10.0 Å². The number of morpholine rings is 1. The van der Waals surface area contributed by atoms with Crippen molar-refractivity contribution in [3.63, 3.8) is 0 Å². The van der Waals surface area contributed by atoms with Gasteiger partial charge in [-0.25, -0.2) is 18.4 Å². The number of hydrogen-bond donors (Lipinski definition) is 1. The molecule has 1 unspecified atom stereocenters. The molecule has 1 aromatic rings. The Morgan fingerprint density at radius 1 is 1.44 bits per heavy atom. The van der Waals surface area contributed by atoms with E-state index in [1.54, 1.807) is 7.05 Å². The fourth-order valence-electron chi connectivity index (χ4n) is 1.73. The van der Waals surface area contributed by atoms with E-state index in [1.807, 2.05) is 6.92 Å². The smallest absolute Gasteiger partial charge is 0.246 e. The zero-order valence-corrected chi connectivity index (χ0v) is 11.1. The maximum atomic E-state index is 12.3. The maximum absolute atomic E-state index is 12.3. The third-order valence-corrected chi connectivity index (χ3v) is 4.51. The third-order valence-electron chi connectivity index (χ3n) is 2.69. The largest absolute Gasteiger partial charge is 0.376 e. The second-order valence-corrected chi connectivity index (χ2v) is 5.97. The van der Waals surface area contributed by atoms with Gasteiger partial charge in [-0.3, -0.25) is 0 Å². The van der Waals surface area contributed by atoms with Gasteiger partial charge in [0.25, 0.3) is 0 Å². The molecule has 7 nitrogen and oxygen atoms in total. The van der Waals surface area contributed by atoms with Gasteiger partial charge in [-0.05, 0) is 6.92 Å². The molecule has 0 radical (unpaired) electrons. The first-order chi connectivity index (χ1) is 8.54. The molecular weight excluding hydrogens is 256 g/mol. The summed E-state index contributed by atoms with van der Waals surface area (Å²) in [5.74, 6) is 0.393. The van der Waals surface area contributed by atoms with E-state index in [-0.39, 0.29) is 11.0 Å². The quantitative estimate of drug-likeness (QED) is 0.829. The lowest BCUT2D eigenvalue weighted by Gasteiger charge is -2.30. The Kier molecular flexibility index (Phi) is 3.79. The first-order valence-electron chi connectivity index (χ1n) is 5.65. The number of anilines is 1. The number of sulfonamides is 1. The molecule has 18 heavy (non-hydrogen) atoms. The highest BCUT2D eigenvalue weighted by atomic mass is 32.2. The van der Waals surface area contributed by atoms with Crippen molar-refractivity contribution in [2.45, 2.75) is 17.9 Å². The minimum atomic E-state index is -3.52. The Bertz CT molecular complexity index is 502. The molecule has 0 amide bonds. The van der Waals surface area contributed by atoms with Gasteiger partial charge in [0.15, 0.2) is 0 Å². The molecule has 1 saturated heterocycles. The van der Waals surface area contributed by atoms with Crippen molar-refractivity contribution in [1.29, 1.82) is 0 Å². The predicted octanol–water partition coefficient (Wildman–Crippen LogP) is -0.0723. The highest BCUT2D eigenvalue weighted by Crippen LogP contribution is 2.17. The van der Waals surface area contributed by atoms with Crippen LogP contribution in [0.4, 0.5) is 5.95 Å². The van der Waals surface area contributed by atoms with Crippen LogP contribution in [0.25, 0.3) is 0 Å². The molecule has 100 valence electrons. The predicted molar refractivity (Wildman–Crippen MR) is 65.8 cm³/mol. The van der Waals surface area contributed by atoms with E-state index in [0.717, 1.165) is 0 Å². The lowest BCUT2D eigenvalue weighted by molar-refractivity contribution is 0.0102. The molecule has 1 aliphatic rings. The summed E-state index contributed by atoms with van der Waals surface area (Å²) in [5.41, 5.74) is 0. The minimum Gasteiger partial charge on any atom is -0.376 e.